The van der Waals surface area contributed by atoms with Gasteiger partial charge in [0.05, 0.1) is 0 Å². The number of benzene rings is 1. The zero-order valence-corrected chi connectivity index (χ0v) is 10.2. The Morgan fingerprint density at radius 2 is 2.18 bits per heavy atom. The number of unbranched alkanes of at least 4 members (excludes halogenated alkanes) is 1. The van der Waals surface area contributed by atoms with E-state index < -0.39 is 12.0 Å². The molecule has 1 atom stereocenters. The molecular weight excluding hydrogens is 221 g/mol. The van der Waals surface area contributed by atoms with E-state index in [1.807, 2.05) is 6.92 Å². The van der Waals surface area contributed by atoms with E-state index in [1.165, 1.54) is 12.1 Å². The van der Waals surface area contributed by atoms with Crippen molar-refractivity contribution in [3.63, 3.8) is 0 Å². The second kappa shape index (κ2) is 6.23. The molecule has 17 heavy (non-hydrogen) atoms. The van der Waals surface area contributed by atoms with Crippen molar-refractivity contribution >= 4 is 11.7 Å². The Hall–Kier alpha value is -1.58. The zero-order chi connectivity index (χ0) is 12.8. The molecule has 0 radical (unpaired) electrons. The number of carbonyl (C=O) groups is 1. The van der Waals surface area contributed by atoms with E-state index in [0.717, 1.165) is 18.4 Å². The average Bonchev–Trinajstić information content (AvgIpc) is 2.22. The first-order valence-electron chi connectivity index (χ1n) is 5.79. The molecule has 0 aliphatic rings. The number of nitrogens with one attached hydrogen (secondary N) is 1. The third kappa shape index (κ3) is 4.43. The molecule has 0 aromatic heterocycles. The van der Waals surface area contributed by atoms with Gasteiger partial charge in [0, 0.05) is 5.69 Å². The first-order valence-corrected chi connectivity index (χ1v) is 5.79. The summed E-state index contributed by atoms with van der Waals surface area (Å²) in [5.41, 5.74) is 1.29. The molecule has 0 heterocycles. The summed E-state index contributed by atoms with van der Waals surface area (Å²) in [4.78, 5) is 11.0. The number of rotatable bonds is 6. The molecule has 0 aliphatic carbocycles. The molecule has 1 aromatic carbocycles. The Bertz CT molecular complexity index is 373. The van der Waals surface area contributed by atoms with Crippen LogP contribution in [0.2, 0.25) is 0 Å². The molecule has 2 N–H and O–H groups in total. The second-order valence-corrected chi connectivity index (χ2v) is 4.19. The van der Waals surface area contributed by atoms with Crippen LogP contribution in [0.1, 0.15) is 31.7 Å². The lowest BCUT2D eigenvalue weighted by atomic mass is 10.1. The van der Waals surface area contributed by atoms with Gasteiger partial charge in [0.15, 0.2) is 0 Å². The smallest absolute Gasteiger partial charge is 0.326 e. The molecule has 3 nitrogen and oxygen atoms in total. The Morgan fingerprint density at radius 1 is 1.47 bits per heavy atom. The van der Waals surface area contributed by atoms with Crippen LogP contribution in [0.15, 0.2) is 18.2 Å². The van der Waals surface area contributed by atoms with Crippen LogP contribution in [0.25, 0.3) is 0 Å². The fourth-order valence-electron chi connectivity index (χ4n) is 1.69. The molecular formula is C13H18FNO2. The molecule has 0 saturated heterocycles. The van der Waals surface area contributed by atoms with Gasteiger partial charge in [-0.1, -0.05) is 19.8 Å². The fraction of sp³-hybridized carbons (Fsp3) is 0.462. The monoisotopic (exact) mass is 239 g/mol. The Morgan fingerprint density at radius 3 is 2.71 bits per heavy atom. The maximum atomic E-state index is 13.1. The minimum atomic E-state index is -0.902. The van der Waals surface area contributed by atoms with Gasteiger partial charge in [-0.05, 0) is 37.1 Å². The van der Waals surface area contributed by atoms with Crippen molar-refractivity contribution in [2.24, 2.45) is 0 Å². The predicted octanol–water partition coefficient (Wildman–Crippen LogP) is 3.19. The number of carboxylic acid groups (broad SMARTS) is 1. The number of halogens is 1. The summed E-state index contributed by atoms with van der Waals surface area (Å²) in [5.74, 6) is -1.26. The van der Waals surface area contributed by atoms with Crippen LogP contribution in [0.4, 0.5) is 10.1 Å². The van der Waals surface area contributed by atoms with Crippen molar-refractivity contribution in [3.05, 3.63) is 29.6 Å². The van der Waals surface area contributed by atoms with E-state index in [1.54, 1.807) is 13.0 Å². The molecule has 4 heteroatoms. The van der Waals surface area contributed by atoms with Crippen LogP contribution in [-0.4, -0.2) is 17.1 Å². The first kappa shape index (κ1) is 13.5. The number of anilines is 1. The van der Waals surface area contributed by atoms with Crippen molar-refractivity contribution in [1.82, 2.24) is 0 Å². The predicted molar refractivity (Wildman–Crippen MR) is 65.7 cm³/mol. The fourth-order valence-corrected chi connectivity index (χ4v) is 1.69. The highest BCUT2D eigenvalue weighted by Gasteiger charge is 2.16. The number of carboxylic acids is 1. The van der Waals surface area contributed by atoms with Gasteiger partial charge in [0.1, 0.15) is 11.9 Å². The van der Waals surface area contributed by atoms with E-state index in [-0.39, 0.29) is 5.82 Å². The van der Waals surface area contributed by atoms with Crippen molar-refractivity contribution < 1.29 is 14.3 Å². The standard InChI is InChI=1S/C13H18FNO2/c1-3-4-5-12(13(16)17)15-11-7-9(2)6-10(14)8-11/h6-8,12,15H,3-5H2,1-2H3,(H,16,17). The molecule has 1 unspecified atom stereocenters. The van der Waals surface area contributed by atoms with Crippen molar-refractivity contribution in [2.75, 3.05) is 5.32 Å². The molecule has 94 valence electrons. The normalized spacial score (nSPS) is 12.2. The molecule has 0 fully saturated rings. The highest BCUT2D eigenvalue weighted by molar-refractivity contribution is 5.77. The van der Waals surface area contributed by atoms with E-state index in [0.29, 0.717) is 12.1 Å². The average molecular weight is 239 g/mol. The molecule has 0 aliphatic heterocycles. The third-order valence-electron chi connectivity index (χ3n) is 2.53. The Kier molecular flexibility index (Phi) is 4.94. The van der Waals surface area contributed by atoms with Crippen molar-refractivity contribution in [2.45, 2.75) is 39.2 Å². The SMILES string of the molecule is CCCCC(Nc1cc(C)cc(F)c1)C(=O)O. The van der Waals surface area contributed by atoms with Gasteiger partial charge in [-0.3, -0.25) is 0 Å². The molecule has 0 saturated carbocycles. The van der Waals surface area contributed by atoms with Crippen LogP contribution >= 0.6 is 0 Å². The van der Waals surface area contributed by atoms with Gasteiger partial charge in [-0.15, -0.1) is 0 Å². The largest absolute Gasteiger partial charge is 0.480 e. The maximum absolute atomic E-state index is 13.1. The lowest BCUT2D eigenvalue weighted by Gasteiger charge is -2.15. The highest BCUT2D eigenvalue weighted by Crippen LogP contribution is 2.16. The lowest BCUT2D eigenvalue weighted by Crippen LogP contribution is -2.29. The van der Waals surface area contributed by atoms with Crippen LogP contribution in [0.5, 0.6) is 0 Å². The Balaban J connectivity index is 2.74. The van der Waals surface area contributed by atoms with E-state index >= 15 is 0 Å². The lowest BCUT2D eigenvalue weighted by molar-refractivity contribution is -0.138. The summed E-state index contributed by atoms with van der Waals surface area (Å²) in [6, 6.07) is 3.81. The summed E-state index contributed by atoms with van der Waals surface area (Å²) < 4.78 is 13.1. The van der Waals surface area contributed by atoms with Gasteiger partial charge in [-0.25, -0.2) is 9.18 Å². The van der Waals surface area contributed by atoms with Gasteiger partial charge in [-0.2, -0.15) is 0 Å². The minimum absolute atomic E-state index is 0.355. The first-order chi connectivity index (χ1) is 8.02. The number of hydrogen-bond donors (Lipinski definition) is 2. The van der Waals surface area contributed by atoms with Crippen LogP contribution in [0.3, 0.4) is 0 Å². The van der Waals surface area contributed by atoms with Crippen LogP contribution in [-0.2, 0) is 4.79 Å². The molecule has 0 spiro atoms. The topological polar surface area (TPSA) is 49.3 Å². The van der Waals surface area contributed by atoms with E-state index in [2.05, 4.69) is 5.32 Å². The summed E-state index contributed by atoms with van der Waals surface area (Å²) in [6.45, 7) is 3.78. The Labute approximate surface area is 101 Å². The molecule has 1 aromatic rings. The second-order valence-electron chi connectivity index (χ2n) is 4.19. The maximum Gasteiger partial charge on any atom is 0.326 e. The zero-order valence-electron chi connectivity index (χ0n) is 10.2. The summed E-state index contributed by atoms with van der Waals surface area (Å²) in [5, 5.41) is 11.9. The van der Waals surface area contributed by atoms with E-state index in [4.69, 9.17) is 5.11 Å². The number of hydrogen-bond acceptors (Lipinski definition) is 2. The van der Waals surface area contributed by atoms with Gasteiger partial charge in [0.2, 0.25) is 0 Å². The number of aliphatic carboxylic acids is 1. The van der Waals surface area contributed by atoms with Gasteiger partial charge >= 0.3 is 5.97 Å². The minimum Gasteiger partial charge on any atom is -0.480 e. The highest BCUT2D eigenvalue weighted by atomic mass is 19.1. The summed E-state index contributed by atoms with van der Waals surface area (Å²) >= 11 is 0. The summed E-state index contributed by atoms with van der Waals surface area (Å²) in [6.07, 6.45) is 2.31. The van der Waals surface area contributed by atoms with E-state index in [9.17, 15) is 9.18 Å². The number of aryl methyl sites for hydroxylation is 1. The van der Waals surface area contributed by atoms with Gasteiger partial charge in [0.25, 0.3) is 0 Å². The quantitative estimate of drug-likeness (QED) is 0.801. The third-order valence-corrected chi connectivity index (χ3v) is 2.53. The summed E-state index contributed by atoms with van der Waals surface area (Å²) in [7, 11) is 0. The van der Waals surface area contributed by atoms with Crippen molar-refractivity contribution in [1.29, 1.82) is 0 Å². The van der Waals surface area contributed by atoms with Crippen LogP contribution < -0.4 is 5.32 Å². The molecule has 0 bridgehead atoms. The van der Waals surface area contributed by atoms with Gasteiger partial charge < -0.3 is 10.4 Å². The molecule has 1 rings (SSSR count). The van der Waals surface area contributed by atoms with Crippen molar-refractivity contribution in [3.8, 4) is 0 Å². The van der Waals surface area contributed by atoms with Crippen LogP contribution in [0, 0.1) is 12.7 Å². The molecule has 0 amide bonds.